The lowest BCUT2D eigenvalue weighted by atomic mass is 10.1. The van der Waals surface area contributed by atoms with Crippen LogP contribution in [0.4, 0.5) is 0 Å². The molecule has 0 fully saturated rings. The lowest BCUT2D eigenvalue weighted by Crippen LogP contribution is -1.96. The number of hydrogen-bond donors (Lipinski definition) is 0. The normalized spacial score (nSPS) is 10.3. The Balaban J connectivity index is 2.37. The van der Waals surface area contributed by atoms with Crippen LogP contribution < -0.4 is 4.74 Å². The van der Waals surface area contributed by atoms with Gasteiger partial charge in [-0.2, -0.15) is 5.10 Å². The average molecular weight is 250 g/mol. The molecule has 0 saturated carbocycles. The smallest absolute Gasteiger partial charge is 0.183 e. The number of ether oxygens (including phenoxy) is 1. The number of rotatable bonds is 3. The van der Waals surface area contributed by atoms with Crippen molar-refractivity contribution >= 4 is 11.6 Å². The van der Waals surface area contributed by atoms with Crippen molar-refractivity contribution in [2.45, 2.75) is 13.8 Å². The fourth-order valence-corrected chi connectivity index (χ4v) is 1.64. The highest BCUT2D eigenvalue weighted by Crippen LogP contribution is 2.24. The van der Waals surface area contributed by atoms with Crippen LogP contribution in [0.1, 0.15) is 12.5 Å². The minimum absolute atomic E-state index is 0.335. The van der Waals surface area contributed by atoms with Crippen LogP contribution in [0.15, 0.2) is 24.4 Å². The third kappa shape index (κ3) is 2.71. The Morgan fingerprint density at radius 1 is 1.35 bits per heavy atom. The number of aromatic nitrogens is 3. The van der Waals surface area contributed by atoms with Crippen molar-refractivity contribution in [1.29, 1.82) is 0 Å². The first-order valence-electron chi connectivity index (χ1n) is 5.29. The molecule has 5 heteroatoms. The summed E-state index contributed by atoms with van der Waals surface area (Å²) in [6, 6.07) is 5.75. The lowest BCUT2D eigenvalue weighted by Gasteiger charge is -2.08. The summed E-state index contributed by atoms with van der Waals surface area (Å²) in [5.74, 6) is 1.38. The maximum Gasteiger partial charge on any atom is 0.183 e. The van der Waals surface area contributed by atoms with Crippen LogP contribution in [-0.4, -0.2) is 21.8 Å². The van der Waals surface area contributed by atoms with E-state index in [1.165, 1.54) is 6.20 Å². The molecule has 0 aliphatic rings. The number of hydrogen-bond acceptors (Lipinski definition) is 4. The Kier molecular flexibility index (Phi) is 3.54. The zero-order valence-corrected chi connectivity index (χ0v) is 10.4. The van der Waals surface area contributed by atoms with Crippen LogP contribution in [0.5, 0.6) is 5.75 Å². The van der Waals surface area contributed by atoms with Gasteiger partial charge in [0.2, 0.25) is 0 Å². The van der Waals surface area contributed by atoms with Gasteiger partial charge in [0, 0.05) is 5.56 Å². The summed E-state index contributed by atoms with van der Waals surface area (Å²) in [5.41, 5.74) is 1.91. The molecule has 0 spiro atoms. The summed E-state index contributed by atoms with van der Waals surface area (Å²) in [6.07, 6.45) is 1.41. The fraction of sp³-hybridized carbons (Fsp3) is 0.250. The van der Waals surface area contributed by atoms with Gasteiger partial charge in [0.15, 0.2) is 11.0 Å². The number of halogens is 1. The minimum atomic E-state index is 0.335. The third-order valence-corrected chi connectivity index (χ3v) is 2.44. The Labute approximate surface area is 105 Å². The van der Waals surface area contributed by atoms with E-state index in [0.29, 0.717) is 17.6 Å². The summed E-state index contributed by atoms with van der Waals surface area (Å²) in [5, 5.41) is 8.05. The van der Waals surface area contributed by atoms with Crippen molar-refractivity contribution in [3.8, 4) is 17.1 Å². The second-order valence-corrected chi connectivity index (χ2v) is 3.90. The molecule has 0 bridgehead atoms. The molecule has 0 radical (unpaired) electrons. The van der Waals surface area contributed by atoms with Gasteiger partial charge in [-0.3, -0.25) is 0 Å². The van der Waals surface area contributed by atoms with Crippen molar-refractivity contribution in [2.24, 2.45) is 0 Å². The summed E-state index contributed by atoms with van der Waals surface area (Å²) < 4.78 is 5.47. The molecule has 88 valence electrons. The van der Waals surface area contributed by atoms with Crippen LogP contribution in [-0.2, 0) is 0 Å². The van der Waals surface area contributed by atoms with Crippen LogP contribution in [0, 0.1) is 6.92 Å². The van der Waals surface area contributed by atoms with Crippen molar-refractivity contribution in [2.75, 3.05) is 6.61 Å². The molecule has 0 amide bonds. The zero-order valence-electron chi connectivity index (χ0n) is 9.64. The van der Waals surface area contributed by atoms with E-state index in [1.54, 1.807) is 0 Å². The maximum atomic E-state index is 5.78. The molecule has 0 saturated heterocycles. The van der Waals surface area contributed by atoms with Crippen molar-refractivity contribution < 1.29 is 4.74 Å². The van der Waals surface area contributed by atoms with Crippen molar-refractivity contribution in [3.63, 3.8) is 0 Å². The van der Waals surface area contributed by atoms with Crippen LogP contribution in [0.25, 0.3) is 11.4 Å². The third-order valence-electron chi connectivity index (χ3n) is 2.26. The van der Waals surface area contributed by atoms with Gasteiger partial charge < -0.3 is 4.74 Å². The quantitative estimate of drug-likeness (QED) is 0.839. The monoisotopic (exact) mass is 249 g/mol. The Hall–Kier alpha value is -1.68. The van der Waals surface area contributed by atoms with Crippen molar-refractivity contribution in [3.05, 3.63) is 35.1 Å². The Morgan fingerprint density at radius 3 is 2.82 bits per heavy atom. The number of aryl methyl sites for hydroxylation is 1. The molecule has 1 heterocycles. The second-order valence-electron chi connectivity index (χ2n) is 3.52. The minimum Gasteiger partial charge on any atom is -0.494 e. The predicted molar refractivity (Wildman–Crippen MR) is 66.2 cm³/mol. The van der Waals surface area contributed by atoms with Crippen LogP contribution in [0.2, 0.25) is 5.15 Å². The van der Waals surface area contributed by atoms with E-state index >= 15 is 0 Å². The first kappa shape index (κ1) is 11.8. The molecule has 2 aromatic rings. The Morgan fingerprint density at radius 2 is 2.18 bits per heavy atom. The number of benzene rings is 1. The first-order chi connectivity index (χ1) is 8.20. The van der Waals surface area contributed by atoms with E-state index in [-0.39, 0.29) is 0 Å². The average Bonchev–Trinajstić information content (AvgIpc) is 2.32. The standard InChI is InChI=1S/C12H12ClN3O/c1-3-17-10-5-4-9(6-8(10)2)12-15-11(13)7-14-16-12/h4-7H,3H2,1-2H3. The predicted octanol–water partition coefficient (Wildman–Crippen LogP) is 2.90. The van der Waals surface area contributed by atoms with E-state index in [0.717, 1.165) is 16.9 Å². The molecular formula is C12H12ClN3O. The Bertz CT molecular complexity index is 531. The molecule has 0 N–H and O–H groups in total. The molecular weight excluding hydrogens is 238 g/mol. The van der Waals surface area contributed by atoms with Gasteiger partial charge in [-0.1, -0.05) is 11.6 Å². The maximum absolute atomic E-state index is 5.78. The number of nitrogens with zero attached hydrogens (tertiary/aromatic N) is 3. The fourth-order valence-electron chi connectivity index (χ4n) is 1.51. The molecule has 0 aliphatic heterocycles. The SMILES string of the molecule is CCOc1ccc(-c2nncc(Cl)n2)cc1C. The zero-order chi connectivity index (χ0) is 12.3. The summed E-state index contributed by atoms with van der Waals surface area (Å²) in [6.45, 7) is 4.58. The molecule has 0 aliphatic carbocycles. The largest absolute Gasteiger partial charge is 0.494 e. The van der Waals surface area contributed by atoms with Gasteiger partial charge in [-0.15, -0.1) is 5.10 Å². The van der Waals surface area contributed by atoms with E-state index in [1.807, 2.05) is 32.0 Å². The van der Waals surface area contributed by atoms with Gasteiger partial charge in [-0.05, 0) is 37.6 Å². The first-order valence-corrected chi connectivity index (χ1v) is 5.67. The van der Waals surface area contributed by atoms with Crippen LogP contribution in [0.3, 0.4) is 0 Å². The van der Waals surface area contributed by atoms with Gasteiger partial charge in [0.25, 0.3) is 0 Å². The molecule has 0 unspecified atom stereocenters. The van der Waals surface area contributed by atoms with Gasteiger partial charge in [0.1, 0.15) is 5.75 Å². The van der Waals surface area contributed by atoms with Gasteiger partial charge in [-0.25, -0.2) is 4.98 Å². The van der Waals surface area contributed by atoms with Crippen LogP contribution >= 0.6 is 11.6 Å². The topological polar surface area (TPSA) is 47.9 Å². The molecule has 17 heavy (non-hydrogen) atoms. The summed E-state index contributed by atoms with van der Waals surface area (Å²) >= 11 is 5.78. The van der Waals surface area contributed by atoms with Crippen molar-refractivity contribution in [1.82, 2.24) is 15.2 Å². The van der Waals surface area contributed by atoms with E-state index < -0.39 is 0 Å². The van der Waals surface area contributed by atoms with Gasteiger partial charge in [0.05, 0.1) is 12.8 Å². The van der Waals surface area contributed by atoms with E-state index in [4.69, 9.17) is 16.3 Å². The van der Waals surface area contributed by atoms with E-state index in [9.17, 15) is 0 Å². The highest BCUT2D eigenvalue weighted by molar-refractivity contribution is 6.29. The molecule has 4 nitrogen and oxygen atoms in total. The second kappa shape index (κ2) is 5.10. The molecule has 0 atom stereocenters. The molecule has 2 rings (SSSR count). The lowest BCUT2D eigenvalue weighted by molar-refractivity contribution is 0.338. The molecule has 1 aromatic carbocycles. The highest BCUT2D eigenvalue weighted by atomic mass is 35.5. The summed E-state index contributed by atoms with van der Waals surface area (Å²) in [7, 11) is 0. The van der Waals surface area contributed by atoms with Gasteiger partial charge >= 0.3 is 0 Å². The summed E-state index contributed by atoms with van der Waals surface area (Å²) in [4.78, 5) is 4.11. The molecule has 1 aromatic heterocycles. The van der Waals surface area contributed by atoms with E-state index in [2.05, 4.69) is 15.2 Å². The highest BCUT2D eigenvalue weighted by Gasteiger charge is 2.06.